The van der Waals surface area contributed by atoms with Crippen LogP contribution in [0.25, 0.3) is 32.5 Å². The number of halogens is 1. The fourth-order valence-electron chi connectivity index (χ4n) is 3.42. The maximum absolute atomic E-state index is 15.5. The predicted molar refractivity (Wildman–Crippen MR) is 116 cm³/mol. The first-order chi connectivity index (χ1) is 13.3. The van der Waals surface area contributed by atoms with Crippen LogP contribution in [-0.4, -0.2) is 10.1 Å². The molecule has 2 heterocycles. The molecule has 1 N–H and O–H groups in total. The Kier molecular flexibility index (Phi) is 4.47. The lowest BCUT2D eigenvalue weighted by molar-refractivity contribution is 0.483. The summed E-state index contributed by atoms with van der Waals surface area (Å²) in [5, 5.41) is 11.5. The summed E-state index contributed by atoms with van der Waals surface area (Å²) in [5.74, 6) is -0.253. The molecule has 2 aromatic heterocycles. The van der Waals surface area contributed by atoms with Gasteiger partial charge in [-0.1, -0.05) is 32.9 Å². The quantitative estimate of drug-likeness (QED) is 0.396. The lowest BCUT2D eigenvalue weighted by Gasteiger charge is -2.19. The molecule has 4 aromatic rings. The Labute approximate surface area is 168 Å². The van der Waals surface area contributed by atoms with Crippen molar-refractivity contribution in [1.82, 2.24) is 4.98 Å². The van der Waals surface area contributed by atoms with Crippen molar-refractivity contribution < 1.29 is 9.50 Å². The molecule has 0 aliphatic heterocycles. The third-order valence-corrected chi connectivity index (χ3v) is 6.00. The Bertz CT molecular complexity index is 1190. The van der Waals surface area contributed by atoms with E-state index >= 15 is 4.39 Å². The first kappa shape index (κ1) is 18.6. The van der Waals surface area contributed by atoms with Crippen LogP contribution in [0.3, 0.4) is 0 Å². The van der Waals surface area contributed by atoms with Gasteiger partial charge in [0, 0.05) is 37.9 Å². The number of aromatic nitrogens is 1. The van der Waals surface area contributed by atoms with Gasteiger partial charge < -0.3 is 5.11 Å². The van der Waals surface area contributed by atoms with Crippen LogP contribution in [0.5, 0.6) is 5.75 Å². The lowest BCUT2D eigenvalue weighted by Crippen LogP contribution is -2.11. The molecule has 142 valence electrons. The summed E-state index contributed by atoms with van der Waals surface area (Å²) < 4.78 is 16.5. The highest BCUT2D eigenvalue weighted by Crippen LogP contribution is 2.41. The smallest absolute Gasteiger partial charge is 0.140 e. The molecule has 28 heavy (non-hydrogen) atoms. The minimum absolute atomic E-state index is 0.0497. The summed E-state index contributed by atoms with van der Waals surface area (Å²) in [6, 6.07) is 14.8. The number of aromatic hydroxyl groups is 1. The molecule has 0 amide bonds. The van der Waals surface area contributed by atoms with Crippen molar-refractivity contribution in [2.24, 2.45) is 0 Å². The highest BCUT2D eigenvalue weighted by atomic mass is 32.1. The standard InChI is InChI=1S/C24H22FNOS/c1-14-12-19-21(28-14)9-8-17(23(19)27)16-6-5-7-18(22(16)25)20-13-15(10-11-26-20)24(2,3)4/h5-13,27H,1-4H3. The Morgan fingerprint density at radius 3 is 2.46 bits per heavy atom. The van der Waals surface area contributed by atoms with Crippen LogP contribution in [-0.2, 0) is 5.41 Å². The van der Waals surface area contributed by atoms with E-state index in [0.717, 1.165) is 20.5 Å². The van der Waals surface area contributed by atoms with Gasteiger partial charge in [0.15, 0.2) is 0 Å². The van der Waals surface area contributed by atoms with Crippen molar-refractivity contribution in [3.05, 3.63) is 71.0 Å². The topological polar surface area (TPSA) is 33.1 Å². The van der Waals surface area contributed by atoms with E-state index in [1.807, 2.05) is 37.3 Å². The predicted octanol–water partition coefficient (Wildman–Crippen LogP) is 7.08. The average Bonchev–Trinajstić information content (AvgIpc) is 3.03. The Morgan fingerprint density at radius 1 is 0.964 bits per heavy atom. The lowest BCUT2D eigenvalue weighted by atomic mass is 9.86. The van der Waals surface area contributed by atoms with Gasteiger partial charge in [-0.25, -0.2) is 4.39 Å². The number of fused-ring (bicyclic) bond motifs is 1. The number of hydrogen-bond acceptors (Lipinski definition) is 3. The number of thiophene rings is 1. The molecule has 0 bridgehead atoms. The van der Waals surface area contributed by atoms with Gasteiger partial charge in [0.05, 0.1) is 5.69 Å². The molecule has 0 fully saturated rings. The second-order valence-electron chi connectivity index (χ2n) is 8.08. The van der Waals surface area contributed by atoms with Crippen molar-refractivity contribution in [2.75, 3.05) is 0 Å². The van der Waals surface area contributed by atoms with Gasteiger partial charge in [-0.3, -0.25) is 4.98 Å². The molecule has 2 aromatic carbocycles. The normalized spacial score (nSPS) is 11.9. The number of aryl methyl sites for hydroxylation is 1. The van der Waals surface area contributed by atoms with Crippen molar-refractivity contribution in [2.45, 2.75) is 33.1 Å². The molecule has 0 saturated heterocycles. The molecule has 2 nitrogen and oxygen atoms in total. The molecule has 0 aliphatic carbocycles. The third-order valence-electron chi connectivity index (χ3n) is 4.99. The van der Waals surface area contributed by atoms with Crippen molar-refractivity contribution in [1.29, 1.82) is 0 Å². The van der Waals surface area contributed by atoms with Crippen molar-refractivity contribution in [3.8, 4) is 28.1 Å². The van der Waals surface area contributed by atoms with Gasteiger partial charge in [-0.05, 0) is 54.3 Å². The highest BCUT2D eigenvalue weighted by Gasteiger charge is 2.19. The second kappa shape index (κ2) is 6.71. The van der Waals surface area contributed by atoms with Gasteiger partial charge in [-0.15, -0.1) is 11.3 Å². The van der Waals surface area contributed by atoms with Crippen LogP contribution >= 0.6 is 11.3 Å². The van der Waals surface area contributed by atoms with Crippen LogP contribution in [0.15, 0.2) is 54.7 Å². The van der Waals surface area contributed by atoms with E-state index < -0.39 is 0 Å². The fourth-order valence-corrected chi connectivity index (χ4v) is 4.35. The maximum Gasteiger partial charge on any atom is 0.140 e. The monoisotopic (exact) mass is 391 g/mol. The van der Waals surface area contributed by atoms with Crippen LogP contribution < -0.4 is 0 Å². The summed E-state index contributed by atoms with van der Waals surface area (Å²) in [6.45, 7) is 8.36. The summed E-state index contributed by atoms with van der Waals surface area (Å²) in [7, 11) is 0. The fraction of sp³-hybridized carbons (Fsp3) is 0.208. The molecule has 0 unspecified atom stereocenters. The molecule has 0 radical (unpaired) electrons. The molecule has 4 heteroatoms. The number of phenolic OH excluding ortho intramolecular Hbond substituents is 1. The van der Waals surface area contributed by atoms with Crippen molar-refractivity contribution >= 4 is 21.4 Å². The third kappa shape index (κ3) is 3.18. The van der Waals surface area contributed by atoms with Crippen molar-refractivity contribution in [3.63, 3.8) is 0 Å². The molecule has 4 rings (SSSR count). The first-order valence-electron chi connectivity index (χ1n) is 9.23. The Hall–Kier alpha value is -2.72. The Balaban J connectivity index is 1.88. The van der Waals surface area contributed by atoms with E-state index in [1.54, 1.807) is 35.7 Å². The number of rotatable bonds is 2. The maximum atomic E-state index is 15.5. The highest BCUT2D eigenvalue weighted by molar-refractivity contribution is 7.19. The molecule has 0 spiro atoms. The molecule has 0 atom stereocenters. The summed E-state index contributed by atoms with van der Waals surface area (Å²) in [5.41, 5.74) is 2.95. The molecular weight excluding hydrogens is 369 g/mol. The zero-order valence-corrected chi connectivity index (χ0v) is 17.2. The summed E-state index contributed by atoms with van der Waals surface area (Å²) in [4.78, 5) is 5.50. The van der Waals surface area contributed by atoms with Crippen LogP contribution in [0, 0.1) is 12.7 Å². The summed E-state index contributed by atoms with van der Waals surface area (Å²) in [6.07, 6.45) is 1.72. The van der Waals surface area contributed by atoms with E-state index in [2.05, 4.69) is 25.8 Å². The summed E-state index contributed by atoms with van der Waals surface area (Å²) >= 11 is 1.61. The average molecular weight is 392 g/mol. The Morgan fingerprint density at radius 2 is 1.71 bits per heavy atom. The first-order valence-corrected chi connectivity index (χ1v) is 10.1. The van der Waals surface area contributed by atoms with E-state index in [0.29, 0.717) is 22.4 Å². The van der Waals surface area contributed by atoms with Crippen LogP contribution in [0.2, 0.25) is 0 Å². The van der Waals surface area contributed by atoms with E-state index in [1.165, 1.54) is 0 Å². The van der Waals surface area contributed by atoms with Crippen LogP contribution in [0.1, 0.15) is 31.2 Å². The van der Waals surface area contributed by atoms with Gasteiger partial charge in [0.2, 0.25) is 0 Å². The van der Waals surface area contributed by atoms with Crippen LogP contribution in [0.4, 0.5) is 4.39 Å². The van der Waals surface area contributed by atoms with Gasteiger partial charge in [0.25, 0.3) is 0 Å². The van der Waals surface area contributed by atoms with E-state index in [9.17, 15) is 5.11 Å². The minimum atomic E-state index is -0.373. The van der Waals surface area contributed by atoms with Gasteiger partial charge >= 0.3 is 0 Å². The minimum Gasteiger partial charge on any atom is -0.507 e. The molecule has 0 aliphatic rings. The molecular formula is C24H22FNOS. The van der Waals surface area contributed by atoms with Gasteiger partial charge in [-0.2, -0.15) is 0 Å². The zero-order chi connectivity index (χ0) is 20.1. The number of benzene rings is 2. The number of hydrogen-bond donors (Lipinski definition) is 1. The SMILES string of the molecule is Cc1cc2c(O)c(-c3cccc(-c4cc(C(C)(C)C)ccn4)c3F)ccc2s1. The molecule has 0 saturated carbocycles. The number of pyridine rings is 1. The number of phenols is 1. The largest absolute Gasteiger partial charge is 0.507 e. The zero-order valence-electron chi connectivity index (χ0n) is 16.4. The van der Waals surface area contributed by atoms with Gasteiger partial charge in [0.1, 0.15) is 11.6 Å². The van der Waals surface area contributed by atoms with E-state index in [4.69, 9.17) is 0 Å². The second-order valence-corrected chi connectivity index (χ2v) is 9.37. The van der Waals surface area contributed by atoms with E-state index in [-0.39, 0.29) is 17.0 Å². The number of nitrogens with zero attached hydrogens (tertiary/aromatic N) is 1.